The summed E-state index contributed by atoms with van der Waals surface area (Å²) in [6.07, 6.45) is 1.93. The molecule has 0 fully saturated rings. The van der Waals surface area contributed by atoms with Gasteiger partial charge in [-0.3, -0.25) is 4.55 Å². The molecule has 5 aliphatic rings. The highest BCUT2D eigenvalue weighted by molar-refractivity contribution is 7.80. The van der Waals surface area contributed by atoms with Crippen molar-refractivity contribution in [2.45, 2.75) is 32.6 Å². The van der Waals surface area contributed by atoms with Gasteiger partial charge in [0.1, 0.15) is 89.1 Å². The summed E-state index contributed by atoms with van der Waals surface area (Å²) in [5.41, 5.74) is 8.86. The SMILES string of the molecule is Cc1ccc2c(c1)OCCOCCOc1c3cccc1Cc1cccc4c1OCCOCCOc1cc(C(=O)OCCOS(=O)(=O)O)ccc1OCCOCCOc1c(cccc1C3)Cc1cccc(c1OCCOCCO2)C4. The minimum absolute atomic E-state index is 0.0834. The fourth-order valence-electron chi connectivity index (χ4n) is 9.36. The number of benzene rings is 6. The molecule has 12 bridgehead atoms. The van der Waals surface area contributed by atoms with Gasteiger partial charge in [-0.1, -0.05) is 78.9 Å². The molecule has 18 nitrogen and oxygen atoms in total. The smallest absolute Gasteiger partial charge is 0.397 e. The van der Waals surface area contributed by atoms with Crippen LogP contribution in [0.3, 0.4) is 0 Å². The average molecular weight is 1110 g/mol. The summed E-state index contributed by atoms with van der Waals surface area (Å²) in [7, 11) is -4.69. The number of hydrogen-bond donors (Lipinski definition) is 1. The van der Waals surface area contributed by atoms with Gasteiger partial charge in [0.05, 0.1) is 58.4 Å². The summed E-state index contributed by atoms with van der Waals surface area (Å²) in [6, 6.07) is 35.3. The molecule has 11 rings (SSSR count). The second-order valence-electron chi connectivity index (χ2n) is 18.6. The first-order valence-electron chi connectivity index (χ1n) is 26.5. The first kappa shape index (κ1) is 56.6. The Labute approximate surface area is 460 Å². The molecule has 1 N–H and O–H groups in total. The van der Waals surface area contributed by atoms with Crippen molar-refractivity contribution < 1.29 is 83.5 Å². The summed E-state index contributed by atoms with van der Waals surface area (Å²) >= 11 is 0. The minimum atomic E-state index is -4.69. The Kier molecular flexibility index (Phi) is 20.6. The molecule has 4 heterocycles. The van der Waals surface area contributed by atoms with Crippen molar-refractivity contribution in [2.75, 3.05) is 119 Å². The molecular weight excluding hydrogens is 1040 g/mol. The predicted molar refractivity (Wildman–Crippen MR) is 290 cm³/mol. The standard InChI is InChI=1S/C60H66O18S/c1-42-14-16-52-54(36-42)71-28-20-67-24-32-75-58-47-10-4-11-48(58)40-50-13-5-12-49-39-45-8-2-6-43(56(45)73-30-22-65-18-26-69-52)37-44-7-3-9-46(38-47)57(44)74-31-23-66-19-27-70-53-17-15-51(60(61)77-34-35-78-79(62,63)64)41-55(53)72-29-21-68-25-33-76-59(49)50/h2-17,36,41H,18-35,37-40H2,1H3,(H,62,63,64). The maximum absolute atomic E-state index is 12.9. The van der Waals surface area contributed by atoms with Crippen LogP contribution in [-0.4, -0.2) is 138 Å². The van der Waals surface area contributed by atoms with Crippen molar-refractivity contribution in [3.63, 3.8) is 0 Å². The van der Waals surface area contributed by atoms with E-state index >= 15 is 0 Å². The molecule has 0 spiro atoms. The summed E-state index contributed by atoms with van der Waals surface area (Å²) in [5.74, 6) is 4.04. The van der Waals surface area contributed by atoms with E-state index < -0.39 is 29.6 Å². The zero-order valence-corrected chi connectivity index (χ0v) is 45.1. The molecule has 0 saturated heterocycles. The van der Waals surface area contributed by atoms with E-state index in [9.17, 15) is 13.2 Å². The van der Waals surface area contributed by atoms with E-state index in [4.69, 9.17) is 66.1 Å². The van der Waals surface area contributed by atoms with Crippen LogP contribution in [0.5, 0.6) is 46.0 Å². The maximum atomic E-state index is 12.9. The van der Waals surface area contributed by atoms with Crippen LogP contribution in [0, 0.1) is 6.92 Å². The highest BCUT2D eigenvalue weighted by atomic mass is 32.3. The molecule has 4 aliphatic heterocycles. The normalized spacial score (nSPS) is 16.4. The number of carbonyl (C=O) groups excluding carboxylic acids is 1. The van der Waals surface area contributed by atoms with Crippen molar-refractivity contribution in [1.82, 2.24) is 0 Å². The first-order chi connectivity index (χ1) is 38.6. The zero-order valence-electron chi connectivity index (χ0n) is 44.2. The van der Waals surface area contributed by atoms with Crippen molar-refractivity contribution in [2.24, 2.45) is 0 Å². The van der Waals surface area contributed by atoms with Gasteiger partial charge in [-0.25, -0.2) is 8.98 Å². The van der Waals surface area contributed by atoms with Gasteiger partial charge in [0, 0.05) is 25.7 Å². The molecular formula is C60H66O18S. The molecule has 79 heavy (non-hydrogen) atoms. The molecule has 420 valence electrons. The van der Waals surface area contributed by atoms with Crippen LogP contribution in [0.1, 0.15) is 60.4 Å². The number of rotatable bonds is 5. The van der Waals surface area contributed by atoms with Gasteiger partial charge >= 0.3 is 16.4 Å². The third-order valence-corrected chi connectivity index (χ3v) is 13.4. The fourth-order valence-corrected chi connectivity index (χ4v) is 9.64. The van der Waals surface area contributed by atoms with Crippen molar-refractivity contribution >= 4 is 16.4 Å². The molecule has 6 aromatic carbocycles. The first-order valence-corrected chi connectivity index (χ1v) is 27.8. The van der Waals surface area contributed by atoms with Crippen LogP contribution in [0.2, 0.25) is 0 Å². The van der Waals surface area contributed by atoms with Crippen molar-refractivity contribution in [3.8, 4) is 46.0 Å². The molecule has 0 unspecified atom stereocenters. The summed E-state index contributed by atoms with van der Waals surface area (Å²) in [5, 5.41) is 0. The fraction of sp³-hybridized carbons (Fsp3) is 0.383. The summed E-state index contributed by atoms with van der Waals surface area (Å²) in [4.78, 5) is 12.9. The Hall–Kier alpha value is -7.10. The lowest BCUT2D eigenvalue weighted by Gasteiger charge is -2.23. The Morgan fingerprint density at radius 3 is 1.08 bits per heavy atom. The molecule has 0 saturated carbocycles. The summed E-state index contributed by atoms with van der Waals surface area (Å²) < 4.78 is 116. The second kappa shape index (κ2) is 28.7. The molecule has 0 aromatic heterocycles. The van der Waals surface area contributed by atoms with Gasteiger partial charge in [0.2, 0.25) is 0 Å². The molecule has 0 radical (unpaired) electrons. The Morgan fingerprint density at radius 1 is 0.405 bits per heavy atom. The highest BCUT2D eigenvalue weighted by Crippen LogP contribution is 2.39. The van der Waals surface area contributed by atoms with Gasteiger partial charge in [-0.15, -0.1) is 0 Å². The van der Waals surface area contributed by atoms with Crippen molar-refractivity contribution in [3.05, 3.63) is 165 Å². The van der Waals surface area contributed by atoms with Crippen LogP contribution in [-0.2, 0) is 63.9 Å². The van der Waals surface area contributed by atoms with E-state index in [0.717, 1.165) is 73.1 Å². The number of esters is 1. The monoisotopic (exact) mass is 1110 g/mol. The van der Waals surface area contributed by atoms with Gasteiger partial charge in [-0.05, 0) is 87.3 Å². The number of aryl methyl sites for hydroxylation is 1. The van der Waals surface area contributed by atoms with Crippen LogP contribution < -0.4 is 37.9 Å². The van der Waals surface area contributed by atoms with Crippen molar-refractivity contribution in [1.29, 1.82) is 0 Å². The van der Waals surface area contributed by atoms with Gasteiger partial charge in [-0.2, -0.15) is 8.42 Å². The van der Waals surface area contributed by atoms with Crippen LogP contribution in [0.25, 0.3) is 0 Å². The van der Waals surface area contributed by atoms with Gasteiger partial charge < -0.3 is 61.6 Å². The van der Waals surface area contributed by atoms with Crippen LogP contribution in [0.4, 0.5) is 0 Å². The average Bonchev–Trinajstić information content (AvgIpc) is 3.50. The molecule has 0 amide bonds. The van der Waals surface area contributed by atoms with E-state index in [0.29, 0.717) is 82.6 Å². The zero-order chi connectivity index (χ0) is 54.7. The summed E-state index contributed by atoms with van der Waals surface area (Å²) in [6.45, 7) is 4.99. The second-order valence-corrected chi connectivity index (χ2v) is 19.7. The lowest BCUT2D eigenvalue weighted by molar-refractivity contribution is 0.0444. The van der Waals surface area contributed by atoms with E-state index in [1.54, 1.807) is 6.07 Å². The third-order valence-electron chi connectivity index (χ3n) is 12.9. The van der Waals surface area contributed by atoms with E-state index in [1.165, 1.54) is 12.1 Å². The molecule has 0 atom stereocenters. The quantitative estimate of drug-likeness (QED) is 0.0748. The van der Waals surface area contributed by atoms with Gasteiger partial charge in [0.25, 0.3) is 0 Å². The molecule has 6 aromatic rings. The number of ether oxygens (including phenoxy) is 13. The number of para-hydroxylation sites is 4. The van der Waals surface area contributed by atoms with Crippen LogP contribution >= 0.6 is 0 Å². The number of fused-ring (bicyclic) bond motifs is 24. The number of hydrogen-bond acceptors (Lipinski definition) is 17. The van der Waals surface area contributed by atoms with E-state index in [1.807, 2.05) is 25.1 Å². The Morgan fingerprint density at radius 2 is 0.722 bits per heavy atom. The van der Waals surface area contributed by atoms with E-state index in [2.05, 4.69) is 77.0 Å². The lowest BCUT2D eigenvalue weighted by atomic mass is 9.91. The third kappa shape index (κ3) is 16.5. The highest BCUT2D eigenvalue weighted by Gasteiger charge is 2.23. The van der Waals surface area contributed by atoms with E-state index in [-0.39, 0.29) is 77.4 Å². The minimum Gasteiger partial charge on any atom is -0.491 e. The van der Waals surface area contributed by atoms with Crippen LogP contribution in [0.15, 0.2) is 109 Å². The molecule has 1 aliphatic carbocycles. The largest absolute Gasteiger partial charge is 0.491 e. The Balaban J connectivity index is 1.04. The topological polar surface area (TPSA) is 201 Å². The van der Waals surface area contributed by atoms with Gasteiger partial charge in [0.15, 0.2) is 23.0 Å². The predicted octanol–water partition coefficient (Wildman–Crippen LogP) is 8.17. The Bertz CT molecular complexity index is 3090. The number of carbonyl (C=O) groups is 1. The maximum Gasteiger partial charge on any atom is 0.397 e. The lowest BCUT2D eigenvalue weighted by Crippen LogP contribution is -2.16. The molecule has 19 heteroatoms.